The maximum atomic E-state index is 14.2. The number of ether oxygens (including phenoxy) is 1. The number of carbonyl (C=O) groups is 1. The maximum Gasteiger partial charge on any atom is 0.220 e. The molecule has 0 bridgehead atoms. The highest BCUT2D eigenvalue weighted by Gasteiger charge is 2.30. The van der Waals surface area contributed by atoms with Crippen LogP contribution in [0.3, 0.4) is 0 Å². The second kappa shape index (κ2) is 7.32. The van der Waals surface area contributed by atoms with E-state index in [0.29, 0.717) is 42.5 Å². The molecular weight excluding hydrogens is 359 g/mol. The molecule has 1 atom stereocenters. The van der Waals surface area contributed by atoms with Crippen LogP contribution in [0.25, 0.3) is 0 Å². The van der Waals surface area contributed by atoms with Gasteiger partial charge in [-0.3, -0.25) is 4.79 Å². The van der Waals surface area contributed by atoms with Crippen LogP contribution in [0.5, 0.6) is 0 Å². The standard InChI is InChI=1S/C18H20ClFN4O2/c19-13-2-1-3-14(20)12(13)10-24-18(15-4-5-16(25)21-15)22-17(23-24)11-6-8-26-9-7-11/h1-3,11,15H,4-10H2,(H,21,25)/t15-/m1/s1. The Morgan fingerprint density at radius 1 is 1.31 bits per heavy atom. The number of nitrogens with one attached hydrogen (secondary N) is 1. The van der Waals surface area contributed by atoms with Crippen LogP contribution in [0.15, 0.2) is 18.2 Å². The normalized spacial score (nSPS) is 21.2. The topological polar surface area (TPSA) is 69.0 Å². The van der Waals surface area contributed by atoms with Crippen LogP contribution < -0.4 is 5.32 Å². The average Bonchev–Trinajstić information content (AvgIpc) is 3.25. The van der Waals surface area contributed by atoms with Gasteiger partial charge in [-0.15, -0.1) is 0 Å². The summed E-state index contributed by atoms with van der Waals surface area (Å²) in [5.74, 6) is 1.24. The highest BCUT2D eigenvalue weighted by atomic mass is 35.5. The van der Waals surface area contributed by atoms with Crippen molar-refractivity contribution in [3.63, 3.8) is 0 Å². The Kier molecular flexibility index (Phi) is 4.91. The highest BCUT2D eigenvalue weighted by molar-refractivity contribution is 6.31. The van der Waals surface area contributed by atoms with Gasteiger partial charge in [-0.2, -0.15) is 5.10 Å². The van der Waals surface area contributed by atoms with Crippen molar-refractivity contribution in [3.8, 4) is 0 Å². The molecule has 4 rings (SSSR count). The fraction of sp³-hybridized carbons (Fsp3) is 0.500. The van der Waals surface area contributed by atoms with E-state index in [1.807, 2.05) is 0 Å². The Bertz CT molecular complexity index is 799. The van der Waals surface area contributed by atoms with Crippen molar-refractivity contribution in [1.82, 2.24) is 20.1 Å². The number of rotatable bonds is 4. The number of carbonyl (C=O) groups excluding carboxylic acids is 1. The number of halogens is 2. The Balaban J connectivity index is 1.69. The minimum absolute atomic E-state index is 0.00101. The SMILES string of the molecule is O=C1CC[C@H](c2nc(C3CCOCC3)nn2Cc2c(F)cccc2Cl)N1. The van der Waals surface area contributed by atoms with Gasteiger partial charge in [-0.25, -0.2) is 14.1 Å². The summed E-state index contributed by atoms with van der Waals surface area (Å²) in [7, 11) is 0. The molecule has 1 N–H and O–H groups in total. The van der Waals surface area contributed by atoms with E-state index >= 15 is 0 Å². The zero-order chi connectivity index (χ0) is 18.1. The monoisotopic (exact) mass is 378 g/mol. The lowest BCUT2D eigenvalue weighted by molar-refractivity contribution is -0.119. The van der Waals surface area contributed by atoms with E-state index in [2.05, 4.69) is 10.4 Å². The van der Waals surface area contributed by atoms with Crippen molar-refractivity contribution in [2.75, 3.05) is 13.2 Å². The van der Waals surface area contributed by atoms with Gasteiger partial charge >= 0.3 is 0 Å². The molecule has 1 amide bonds. The van der Waals surface area contributed by atoms with E-state index < -0.39 is 0 Å². The predicted octanol–water partition coefficient (Wildman–Crippen LogP) is 2.96. The molecule has 0 radical (unpaired) electrons. The summed E-state index contributed by atoms with van der Waals surface area (Å²) in [5, 5.41) is 7.94. The largest absolute Gasteiger partial charge is 0.381 e. The van der Waals surface area contributed by atoms with Crippen LogP contribution >= 0.6 is 11.6 Å². The van der Waals surface area contributed by atoms with Crippen LogP contribution in [0, 0.1) is 5.82 Å². The summed E-state index contributed by atoms with van der Waals surface area (Å²) in [4.78, 5) is 16.4. The van der Waals surface area contributed by atoms with E-state index in [1.54, 1.807) is 16.8 Å². The zero-order valence-corrected chi connectivity index (χ0v) is 15.0. The molecule has 2 aliphatic heterocycles. The lowest BCUT2D eigenvalue weighted by atomic mass is 10.00. The van der Waals surface area contributed by atoms with Gasteiger partial charge in [0.1, 0.15) is 11.6 Å². The summed E-state index contributed by atoms with van der Waals surface area (Å²) < 4.78 is 21.3. The van der Waals surface area contributed by atoms with Gasteiger partial charge < -0.3 is 10.1 Å². The molecule has 3 heterocycles. The fourth-order valence-corrected chi connectivity index (χ4v) is 3.74. The first-order valence-corrected chi connectivity index (χ1v) is 9.24. The van der Waals surface area contributed by atoms with Crippen LogP contribution in [0.4, 0.5) is 4.39 Å². The third-order valence-corrected chi connectivity index (χ3v) is 5.33. The van der Waals surface area contributed by atoms with Gasteiger partial charge in [0.2, 0.25) is 5.91 Å². The molecule has 2 aliphatic rings. The highest BCUT2D eigenvalue weighted by Crippen LogP contribution is 2.29. The number of benzene rings is 1. The lowest BCUT2D eigenvalue weighted by Gasteiger charge is -2.18. The molecule has 8 heteroatoms. The number of nitrogens with zero attached hydrogens (tertiary/aromatic N) is 3. The minimum atomic E-state index is -0.373. The van der Waals surface area contributed by atoms with Gasteiger partial charge in [0, 0.05) is 36.1 Å². The van der Waals surface area contributed by atoms with Crippen LogP contribution in [-0.4, -0.2) is 33.9 Å². The molecule has 0 unspecified atom stereocenters. The third kappa shape index (κ3) is 3.46. The lowest BCUT2D eigenvalue weighted by Crippen LogP contribution is -2.22. The van der Waals surface area contributed by atoms with Crippen LogP contribution in [0.1, 0.15) is 54.9 Å². The number of amides is 1. The number of aromatic nitrogens is 3. The molecule has 2 saturated heterocycles. The third-order valence-electron chi connectivity index (χ3n) is 4.98. The Hall–Kier alpha value is -1.99. The summed E-state index contributed by atoms with van der Waals surface area (Å²) in [6.07, 6.45) is 2.85. The van der Waals surface area contributed by atoms with Gasteiger partial charge in [0.15, 0.2) is 5.82 Å². The quantitative estimate of drug-likeness (QED) is 0.888. The van der Waals surface area contributed by atoms with Gasteiger partial charge in [0.25, 0.3) is 0 Å². The number of hydrogen-bond acceptors (Lipinski definition) is 4. The molecule has 2 aromatic rings. The molecule has 0 saturated carbocycles. The van der Waals surface area contributed by atoms with E-state index in [9.17, 15) is 9.18 Å². The second-order valence-corrected chi connectivity index (χ2v) is 7.14. The Morgan fingerprint density at radius 2 is 2.12 bits per heavy atom. The van der Waals surface area contributed by atoms with E-state index in [0.717, 1.165) is 18.7 Å². The molecule has 1 aromatic heterocycles. The average molecular weight is 379 g/mol. The van der Waals surface area contributed by atoms with Crippen LogP contribution in [0.2, 0.25) is 5.02 Å². The molecule has 0 spiro atoms. The van der Waals surface area contributed by atoms with Crippen molar-refractivity contribution >= 4 is 17.5 Å². The van der Waals surface area contributed by atoms with E-state index in [-0.39, 0.29) is 30.2 Å². The molecule has 1 aromatic carbocycles. The van der Waals surface area contributed by atoms with Crippen molar-refractivity contribution in [3.05, 3.63) is 46.3 Å². The van der Waals surface area contributed by atoms with Crippen molar-refractivity contribution in [2.24, 2.45) is 0 Å². The summed E-state index contributed by atoms with van der Waals surface area (Å²) in [6.45, 7) is 1.56. The van der Waals surface area contributed by atoms with Crippen molar-refractivity contribution in [1.29, 1.82) is 0 Å². The maximum absolute atomic E-state index is 14.2. The van der Waals surface area contributed by atoms with E-state index in [1.165, 1.54) is 6.07 Å². The summed E-state index contributed by atoms with van der Waals surface area (Å²) >= 11 is 6.18. The zero-order valence-electron chi connectivity index (χ0n) is 14.3. The smallest absolute Gasteiger partial charge is 0.220 e. The molecule has 0 aliphatic carbocycles. The van der Waals surface area contributed by atoms with E-state index in [4.69, 9.17) is 21.3 Å². The molecule has 26 heavy (non-hydrogen) atoms. The molecule has 6 nitrogen and oxygen atoms in total. The number of hydrogen-bond donors (Lipinski definition) is 1. The predicted molar refractivity (Wildman–Crippen MR) is 93.4 cm³/mol. The first-order valence-electron chi connectivity index (χ1n) is 8.86. The minimum Gasteiger partial charge on any atom is -0.381 e. The fourth-order valence-electron chi connectivity index (χ4n) is 3.52. The van der Waals surface area contributed by atoms with Crippen molar-refractivity contribution < 1.29 is 13.9 Å². The van der Waals surface area contributed by atoms with Crippen LogP contribution in [-0.2, 0) is 16.1 Å². The van der Waals surface area contributed by atoms with Crippen molar-refractivity contribution in [2.45, 2.75) is 44.2 Å². The Labute approximate surface area is 155 Å². The summed E-state index contributed by atoms with van der Waals surface area (Å²) in [6, 6.07) is 4.42. The molecule has 138 valence electrons. The second-order valence-electron chi connectivity index (χ2n) is 6.73. The first-order chi connectivity index (χ1) is 12.6. The molecular formula is C18H20ClFN4O2. The molecule has 2 fully saturated rings. The Morgan fingerprint density at radius 3 is 2.81 bits per heavy atom. The first kappa shape index (κ1) is 17.4. The van der Waals surface area contributed by atoms with Gasteiger partial charge in [-0.05, 0) is 31.4 Å². The van der Waals surface area contributed by atoms with Gasteiger partial charge in [-0.1, -0.05) is 17.7 Å². The summed E-state index contributed by atoms with van der Waals surface area (Å²) in [5.41, 5.74) is 0.378. The van der Waals surface area contributed by atoms with Gasteiger partial charge in [0.05, 0.1) is 12.6 Å².